The summed E-state index contributed by atoms with van der Waals surface area (Å²) in [6.07, 6.45) is 1.33. The number of amides is 2. The van der Waals surface area contributed by atoms with Crippen molar-refractivity contribution in [1.82, 2.24) is 10.2 Å². The third kappa shape index (κ3) is 4.38. The van der Waals surface area contributed by atoms with Gasteiger partial charge in [-0.05, 0) is 31.9 Å². The lowest BCUT2D eigenvalue weighted by molar-refractivity contribution is -0.131. The number of rotatable bonds is 5. The molecule has 0 atom stereocenters. The molecule has 2 amide bonds. The first kappa shape index (κ1) is 18.3. The van der Waals surface area contributed by atoms with Gasteiger partial charge in [0.25, 0.3) is 5.91 Å². The van der Waals surface area contributed by atoms with E-state index in [1.54, 1.807) is 11.0 Å². The van der Waals surface area contributed by atoms with Crippen molar-refractivity contribution in [3.05, 3.63) is 57.8 Å². The first-order valence-corrected chi connectivity index (χ1v) is 9.58. The van der Waals surface area contributed by atoms with Gasteiger partial charge in [0.1, 0.15) is 0 Å². The predicted octanol–water partition coefficient (Wildman–Crippen LogP) is 2.91. The maximum absolute atomic E-state index is 12.5. The third-order valence-corrected chi connectivity index (χ3v) is 5.64. The molecule has 1 aromatic heterocycles. The van der Waals surface area contributed by atoms with Gasteiger partial charge in [0.15, 0.2) is 5.78 Å². The minimum absolute atomic E-state index is 0.00687. The summed E-state index contributed by atoms with van der Waals surface area (Å²) in [5.41, 5.74) is 0.732. The monoisotopic (exact) mass is 370 g/mol. The topological polar surface area (TPSA) is 66.5 Å². The van der Waals surface area contributed by atoms with Crippen LogP contribution >= 0.6 is 11.3 Å². The summed E-state index contributed by atoms with van der Waals surface area (Å²) in [6.45, 7) is 3.03. The van der Waals surface area contributed by atoms with Crippen molar-refractivity contribution < 1.29 is 14.4 Å². The van der Waals surface area contributed by atoms with Gasteiger partial charge >= 0.3 is 0 Å². The number of nitrogens with one attached hydrogen (secondary N) is 1. The Morgan fingerprint density at radius 1 is 1.08 bits per heavy atom. The van der Waals surface area contributed by atoms with E-state index in [9.17, 15) is 14.4 Å². The van der Waals surface area contributed by atoms with E-state index < -0.39 is 0 Å². The quantitative estimate of drug-likeness (QED) is 0.823. The van der Waals surface area contributed by atoms with E-state index >= 15 is 0 Å². The number of hydrogen-bond acceptors (Lipinski definition) is 4. The predicted molar refractivity (Wildman–Crippen MR) is 101 cm³/mol. The Balaban J connectivity index is 1.46. The zero-order valence-corrected chi connectivity index (χ0v) is 15.6. The molecule has 1 aliphatic heterocycles. The third-order valence-electron chi connectivity index (χ3n) is 4.64. The molecule has 2 aromatic rings. The largest absolute Gasteiger partial charge is 0.342 e. The van der Waals surface area contributed by atoms with Crippen LogP contribution in [0.5, 0.6) is 0 Å². The molecule has 0 spiro atoms. The number of piperidine rings is 1. The van der Waals surface area contributed by atoms with Crippen LogP contribution in [0.1, 0.15) is 37.7 Å². The average molecular weight is 370 g/mol. The Morgan fingerprint density at radius 3 is 2.38 bits per heavy atom. The van der Waals surface area contributed by atoms with Crippen molar-refractivity contribution in [2.45, 2.75) is 19.8 Å². The van der Waals surface area contributed by atoms with Gasteiger partial charge < -0.3 is 10.2 Å². The van der Waals surface area contributed by atoms with Crippen molar-refractivity contribution in [3.63, 3.8) is 0 Å². The SMILES string of the molecule is Cc1ccc(C(=O)NCC(=O)N2CCC(C(=O)c3ccccc3)CC2)s1. The molecule has 6 heteroatoms. The highest BCUT2D eigenvalue weighted by Gasteiger charge is 2.27. The van der Waals surface area contributed by atoms with Gasteiger partial charge in [-0.15, -0.1) is 11.3 Å². The van der Waals surface area contributed by atoms with Crippen LogP contribution < -0.4 is 5.32 Å². The average Bonchev–Trinajstić information content (AvgIpc) is 3.12. The number of ketones is 1. The first-order chi connectivity index (χ1) is 12.5. The molecule has 0 radical (unpaired) electrons. The highest BCUT2D eigenvalue weighted by atomic mass is 32.1. The minimum Gasteiger partial charge on any atom is -0.342 e. The number of hydrogen-bond donors (Lipinski definition) is 1. The number of benzene rings is 1. The van der Waals surface area contributed by atoms with Crippen molar-refractivity contribution in [1.29, 1.82) is 0 Å². The first-order valence-electron chi connectivity index (χ1n) is 8.76. The number of carbonyl (C=O) groups excluding carboxylic acids is 3. The molecule has 3 rings (SSSR count). The zero-order chi connectivity index (χ0) is 18.5. The van der Waals surface area contributed by atoms with Gasteiger partial charge in [0.2, 0.25) is 5.91 Å². The van der Waals surface area contributed by atoms with E-state index in [2.05, 4.69) is 5.32 Å². The summed E-state index contributed by atoms with van der Waals surface area (Å²) in [5.74, 6) is -0.202. The van der Waals surface area contributed by atoms with Gasteiger partial charge in [0.05, 0.1) is 11.4 Å². The highest BCUT2D eigenvalue weighted by molar-refractivity contribution is 7.13. The van der Waals surface area contributed by atoms with Crippen molar-refractivity contribution in [2.75, 3.05) is 19.6 Å². The minimum atomic E-state index is -0.217. The van der Waals surface area contributed by atoms with Gasteiger partial charge in [-0.25, -0.2) is 0 Å². The number of likely N-dealkylation sites (tertiary alicyclic amines) is 1. The lowest BCUT2D eigenvalue weighted by Gasteiger charge is -2.31. The second-order valence-corrected chi connectivity index (χ2v) is 7.77. The van der Waals surface area contributed by atoms with Gasteiger partial charge in [-0.3, -0.25) is 14.4 Å². The van der Waals surface area contributed by atoms with Gasteiger partial charge in [-0.2, -0.15) is 0 Å². The lowest BCUT2D eigenvalue weighted by Crippen LogP contribution is -2.45. The normalized spacial score (nSPS) is 14.9. The maximum Gasteiger partial charge on any atom is 0.261 e. The Hall–Kier alpha value is -2.47. The number of nitrogens with zero attached hydrogens (tertiary/aromatic N) is 1. The molecule has 0 aliphatic carbocycles. The van der Waals surface area contributed by atoms with Crippen LogP contribution in [0, 0.1) is 12.8 Å². The Bertz CT molecular complexity index is 792. The van der Waals surface area contributed by atoms with E-state index in [1.807, 2.05) is 43.3 Å². The van der Waals surface area contributed by atoms with E-state index in [0.29, 0.717) is 30.8 Å². The zero-order valence-electron chi connectivity index (χ0n) is 14.7. The Labute approximate surface area is 157 Å². The van der Waals surface area contributed by atoms with Crippen LogP contribution in [0.4, 0.5) is 0 Å². The second kappa shape index (κ2) is 8.27. The fraction of sp³-hybridized carbons (Fsp3) is 0.350. The molecular weight excluding hydrogens is 348 g/mol. The Kier molecular flexibility index (Phi) is 5.83. The van der Waals surface area contributed by atoms with Crippen LogP contribution in [0.25, 0.3) is 0 Å². The molecule has 1 aliphatic rings. The summed E-state index contributed by atoms with van der Waals surface area (Å²) in [6, 6.07) is 12.9. The molecule has 1 saturated heterocycles. The number of thiophene rings is 1. The number of Topliss-reactive ketones (excluding diaryl/α,β-unsaturated/α-hetero) is 1. The molecule has 0 bridgehead atoms. The molecule has 5 nitrogen and oxygen atoms in total. The van der Waals surface area contributed by atoms with E-state index in [1.165, 1.54) is 11.3 Å². The summed E-state index contributed by atoms with van der Waals surface area (Å²) in [4.78, 5) is 40.2. The number of carbonyl (C=O) groups is 3. The lowest BCUT2D eigenvalue weighted by atomic mass is 9.89. The van der Waals surface area contributed by atoms with Crippen LogP contribution in [0.15, 0.2) is 42.5 Å². The van der Waals surface area contributed by atoms with Gasteiger partial charge in [0, 0.05) is 29.4 Å². The molecule has 1 aromatic carbocycles. The summed E-state index contributed by atoms with van der Waals surface area (Å²) in [5, 5.41) is 2.68. The standard InChI is InChI=1S/C20H22N2O3S/c1-14-7-8-17(26-14)20(25)21-13-18(23)22-11-9-16(10-12-22)19(24)15-5-3-2-4-6-15/h2-8,16H,9-13H2,1H3,(H,21,25). The molecule has 0 unspecified atom stereocenters. The number of aryl methyl sites for hydroxylation is 1. The smallest absolute Gasteiger partial charge is 0.261 e. The second-order valence-electron chi connectivity index (χ2n) is 6.48. The molecule has 136 valence electrons. The van der Waals surface area contributed by atoms with Crippen LogP contribution in [-0.2, 0) is 4.79 Å². The molecule has 1 fully saturated rings. The van der Waals surface area contributed by atoms with Crippen molar-refractivity contribution in [2.24, 2.45) is 5.92 Å². The van der Waals surface area contributed by atoms with Crippen LogP contribution in [0.3, 0.4) is 0 Å². The van der Waals surface area contributed by atoms with Crippen LogP contribution in [0.2, 0.25) is 0 Å². The molecule has 26 heavy (non-hydrogen) atoms. The molecule has 1 N–H and O–H groups in total. The van der Waals surface area contributed by atoms with Gasteiger partial charge in [-0.1, -0.05) is 30.3 Å². The fourth-order valence-electron chi connectivity index (χ4n) is 3.14. The molecular formula is C20H22N2O3S. The molecule has 2 heterocycles. The summed E-state index contributed by atoms with van der Waals surface area (Å²) in [7, 11) is 0. The maximum atomic E-state index is 12.5. The fourth-order valence-corrected chi connectivity index (χ4v) is 3.92. The summed E-state index contributed by atoms with van der Waals surface area (Å²) < 4.78 is 0. The molecule has 0 saturated carbocycles. The van der Waals surface area contributed by atoms with E-state index in [-0.39, 0.29) is 30.1 Å². The van der Waals surface area contributed by atoms with E-state index in [4.69, 9.17) is 0 Å². The van der Waals surface area contributed by atoms with Crippen molar-refractivity contribution >= 4 is 28.9 Å². The van der Waals surface area contributed by atoms with Crippen LogP contribution in [-0.4, -0.2) is 42.1 Å². The van der Waals surface area contributed by atoms with Crippen molar-refractivity contribution in [3.8, 4) is 0 Å². The Morgan fingerprint density at radius 2 is 1.77 bits per heavy atom. The highest BCUT2D eigenvalue weighted by Crippen LogP contribution is 2.22. The summed E-state index contributed by atoms with van der Waals surface area (Å²) >= 11 is 1.41. The van der Waals surface area contributed by atoms with E-state index in [0.717, 1.165) is 10.4 Å².